The Morgan fingerprint density at radius 2 is 2.07 bits per heavy atom. The predicted octanol–water partition coefficient (Wildman–Crippen LogP) is 1.20. The van der Waals surface area contributed by atoms with Crippen molar-refractivity contribution in [3.63, 3.8) is 0 Å². The van der Waals surface area contributed by atoms with Crippen LogP contribution in [0, 0.1) is 0 Å². The first-order chi connectivity index (χ1) is 7.16. The summed E-state index contributed by atoms with van der Waals surface area (Å²) in [5, 5.41) is 3.18. The minimum absolute atomic E-state index is 0.152. The summed E-state index contributed by atoms with van der Waals surface area (Å²) in [6.45, 7) is 5.59. The third-order valence-electron chi connectivity index (χ3n) is 1.97. The number of halogens is 2. The van der Waals surface area contributed by atoms with E-state index in [1.807, 2.05) is 6.92 Å². The number of nitrogens with one attached hydrogen (secondary N) is 1. The fraction of sp³-hybridized carbons (Fsp3) is 1.00. The van der Waals surface area contributed by atoms with Gasteiger partial charge >= 0.3 is 0 Å². The molecule has 3 nitrogen and oxygen atoms in total. The lowest BCUT2D eigenvalue weighted by Crippen LogP contribution is -2.32. The van der Waals surface area contributed by atoms with E-state index in [4.69, 9.17) is 4.74 Å². The summed E-state index contributed by atoms with van der Waals surface area (Å²) in [4.78, 5) is 1.63. The van der Waals surface area contributed by atoms with Gasteiger partial charge in [0.05, 0.1) is 6.54 Å². The second kappa shape index (κ2) is 10.3. The Morgan fingerprint density at radius 1 is 1.33 bits per heavy atom. The van der Waals surface area contributed by atoms with Crippen molar-refractivity contribution in [2.75, 3.05) is 46.4 Å². The maximum Gasteiger partial charge on any atom is 0.251 e. The van der Waals surface area contributed by atoms with Gasteiger partial charge in [-0.3, -0.25) is 4.90 Å². The Balaban J connectivity index is 3.09. The Kier molecular flexibility index (Phi) is 10.1. The summed E-state index contributed by atoms with van der Waals surface area (Å²) < 4.78 is 29.0. The molecule has 5 heteroatoms. The van der Waals surface area contributed by atoms with Gasteiger partial charge in [0, 0.05) is 26.3 Å². The molecule has 0 atom stereocenters. The van der Waals surface area contributed by atoms with Gasteiger partial charge in [0.2, 0.25) is 0 Å². The molecule has 0 aliphatic carbocycles. The summed E-state index contributed by atoms with van der Waals surface area (Å²) in [7, 11) is 1.70. The lowest BCUT2D eigenvalue weighted by Gasteiger charge is -2.15. The molecule has 15 heavy (non-hydrogen) atoms. The van der Waals surface area contributed by atoms with Crippen molar-refractivity contribution in [3.8, 4) is 0 Å². The van der Waals surface area contributed by atoms with Crippen molar-refractivity contribution in [1.82, 2.24) is 10.2 Å². The smallest absolute Gasteiger partial charge is 0.251 e. The molecule has 0 saturated heterocycles. The predicted molar refractivity (Wildman–Crippen MR) is 57.5 cm³/mol. The highest BCUT2D eigenvalue weighted by Crippen LogP contribution is 1.94. The molecule has 0 heterocycles. The molecule has 0 unspecified atom stereocenters. The normalized spacial score (nSPS) is 11.6. The average Bonchev–Trinajstić information content (AvgIpc) is 2.15. The third-order valence-corrected chi connectivity index (χ3v) is 1.97. The van der Waals surface area contributed by atoms with E-state index in [9.17, 15) is 8.78 Å². The van der Waals surface area contributed by atoms with Gasteiger partial charge in [-0.15, -0.1) is 0 Å². The zero-order valence-corrected chi connectivity index (χ0v) is 9.64. The van der Waals surface area contributed by atoms with E-state index in [0.717, 1.165) is 32.7 Å². The van der Waals surface area contributed by atoms with Gasteiger partial charge in [0.25, 0.3) is 6.43 Å². The third kappa shape index (κ3) is 11.7. The van der Waals surface area contributed by atoms with Crippen LogP contribution >= 0.6 is 0 Å². The molecule has 0 spiro atoms. The maximum atomic E-state index is 11.9. The van der Waals surface area contributed by atoms with Crippen molar-refractivity contribution >= 4 is 0 Å². The molecule has 0 amide bonds. The minimum atomic E-state index is -2.24. The topological polar surface area (TPSA) is 24.5 Å². The van der Waals surface area contributed by atoms with Gasteiger partial charge in [0.15, 0.2) is 0 Å². The van der Waals surface area contributed by atoms with Gasteiger partial charge < -0.3 is 10.1 Å². The highest BCUT2D eigenvalue weighted by atomic mass is 19.3. The first kappa shape index (κ1) is 14.7. The van der Waals surface area contributed by atoms with Crippen LogP contribution in [0.3, 0.4) is 0 Å². The molecular formula is C10H22F2N2O. The number of rotatable bonds is 10. The Hall–Kier alpha value is -0.260. The first-order valence-electron chi connectivity index (χ1n) is 5.42. The standard InChI is InChI=1S/C10H22F2N2O/c1-3-15-8-4-5-13-6-7-14(2)9-10(11)12/h10,13H,3-9H2,1-2H3. The molecule has 0 radical (unpaired) electrons. The van der Waals surface area contributed by atoms with E-state index in [2.05, 4.69) is 5.32 Å². The number of alkyl halides is 2. The largest absolute Gasteiger partial charge is 0.382 e. The van der Waals surface area contributed by atoms with Crippen LogP contribution in [0.25, 0.3) is 0 Å². The number of hydrogen-bond acceptors (Lipinski definition) is 3. The SMILES string of the molecule is CCOCCCNCCN(C)CC(F)F. The number of hydrogen-bond donors (Lipinski definition) is 1. The first-order valence-corrected chi connectivity index (χ1v) is 5.42. The Morgan fingerprint density at radius 3 is 2.67 bits per heavy atom. The van der Waals surface area contributed by atoms with Crippen molar-refractivity contribution < 1.29 is 13.5 Å². The highest BCUT2D eigenvalue weighted by Gasteiger charge is 2.06. The van der Waals surface area contributed by atoms with E-state index in [0.29, 0.717) is 6.54 Å². The van der Waals surface area contributed by atoms with Gasteiger partial charge in [-0.05, 0) is 26.9 Å². The van der Waals surface area contributed by atoms with Crippen molar-refractivity contribution in [1.29, 1.82) is 0 Å². The molecule has 0 aromatic heterocycles. The molecular weight excluding hydrogens is 202 g/mol. The van der Waals surface area contributed by atoms with E-state index in [1.165, 1.54) is 0 Å². The van der Waals surface area contributed by atoms with Crippen molar-refractivity contribution in [3.05, 3.63) is 0 Å². The molecule has 1 N–H and O–H groups in total. The summed E-state index contributed by atoms with van der Waals surface area (Å²) in [5.41, 5.74) is 0. The summed E-state index contributed by atoms with van der Waals surface area (Å²) >= 11 is 0. The molecule has 0 fully saturated rings. The Bertz CT molecular complexity index is 137. The van der Waals surface area contributed by atoms with E-state index in [1.54, 1.807) is 11.9 Å². The second-order valence-electron chi connectivity index (χ2n) is 3.45. The molecule has 0 bridgehead atoms. The molecule has 0 aromatic rings. The zero-order valence-electron chi connectivity index (χ0n) is 9.64. The lowest BCUT2D eigenvalue weighted by atomic mass is 10.4. The molecule has 0 aliphatic rings. The summed E-state index contributed by atoms with van der Waals surface area (Å²) in [6, 6.07) is 0. The van der Waals surface area contributed by atoms with Crippen LogP contribution in [0.2, 0.25) is 0 Å². The summed E-state index contributed by atoms with van der Waals surface area (Å²) in [5.74, 6) is 0. The van der Waals surface area contributed by atoms with E-state index < -0.39 is 6.43 Å². The van der Waals surface area contributed by atoms with Crippen LogP contribution in [-0.4, -0.2) is 57.8 Å². The molecule has 0 aliphatic heterocycles. The average molecular weight is 224 g/mol. The zero-order chi connectivity index (χ0) is 11.5. The van der Waals surface area contributed by atoms with Gasteiger partial charge in [0.1, 0.15) is 0 Å². The van der Waals surface area contributed by atoms with Gasteiger partial charge in [-0.2, -0.15) is 0 Å². The van der Waals surface area contributed by atoms with E-state index in [-0.39, 0.29) is 6.54 Å². The lowest BCUT2D eigenvalue weighted by molar-refractivity contribution is 0.101. The van der Waals surface area contributed by atoms with Crippen LogP contribution in [0.1, 0.15) is 13.3 Å². The molecule has 92 valence electrons. The Labute approximate surface area is 90.8 Å². The van der Waals surface area contributed by atoms with Gasteiger partial charge in [-0.25, -0.2) is 8.78 Å². The summed E-state index contributed by atoms with van der Waals surface area (Å²) in [6.07, 6.45) is -1.28. The number of likely N-dealkylation sites (N-methyl/N-ethyl adjacent to an activating group) is 1. The van der Waals surface area contributed by atoms with Gasteiger partial charge in [-0.1, -0.05) is 0 Å². The van der Waals surface area contributed by atoms with Crippen LogP contribution in [0.4, 0.5) is 8.78 Å². The monoisotopic (exact) mass is 224 g/mol. The molecule has 0 rings (SSSR count). The number of ether oxygens (including phenoxy) is 1. The quantitative estimate of drug-likeness (QED) is 0.564. The van der Waals surface area contributed by atoms with Crippen LogP contribution < -0.4 is 5.32 Å². The second-order valence-corrected chi connectivity index (χ2v) is 3.45. The van der Waals surface area contributed by atoms with Crippen LogP contribution in [0.5, 0.6) is 0 Å². The maximum absolute atomic E-state index is 11.9. The minimum Gasteiger partial charge on any atom is -0.382 e. The fourth-order valence-electron chi connectivity index (χ4n) is 1.17. The van der Waals surface area contributed by atoms with Crippen molar-refractivity contribution in [2.24, 2.45) is 0 Å². The van der Waals surface area contributed by atoms with Crippen LogP contribution in [-0.2, 0) is 4.74 Å². The fourth-order valence-corrected chi connectivity index (χ4v) is 1.17. The molecule has 0 saturated carbocycles. The van der Waals surface area contributed by atoms with Crippen LogP contribution in [0.15, 0.2) is 0 Å². The van der Waals surface area contributed by atoms with Crippen molar-refractivity contribution in [2.45, 2.75) is 19.8 Å². The molecule has 0 aromatic carbocycles. The number of nitrogens with zero attached hydrogens (tertiary/aromatic N) is 1. The highest BCUT2D eigenvalue weighted by molar-refractivity contribution is 4.56. The van der Waals surface area contributed by atoms with E-state index >= 15 is 0 Å².